The van der Waals surface area contributed by atoms with Crippen molar-refractivity contribution in [1.29, 1.82) is 0 Å². The number of amides is 1. The van der Waals surface area contributed by atoms with Gasteiger partial charge in [0.1, 0.15) is 6.10 Å². The first-order valence-corrected chi connectivity index (χ1v) is 15.9. The second-order valence-electron chi connectivity index (χ2n) is 14.0. The van der Waals surface area contributed by atoms with E-state index < -0.39 is 0 Å². The Morgan fingerprint density at radius 1 is 1.03 bits per heavy atom. The molecule has 7 unspecified atom stereocenters. The molecule has 3 fully saturated rings. The molecule has 7 atom stereocenters. The number of ether oxygens (including phenoxy) is 1. The van der Waals surface area contributed by atoms with Crippen molar-refractivity contribution >= 4 is 6.09 Å². The van der Waals surface area contributed by atoms with Crippen molar-refractivity contribution in [2.24, 2.45) is 40.4 Å². The van der Waals surface area contributed by atoms with Gasteiger partial charge in [-0.05, 0) is 98.2 Å². The van der Waals surface area contributed by atoms with E-state index in [9.17, 15) is 4.79 Å². The Kier molecular flexibility index (Phi) is 9.54. The molecule has 0 aliphatic heterocycles. The largest absolute Gasteiger partial charge is 0.446 e. The molecule has 0 bridgehead atoms. The van der Waals surface area contributed by atoms with Crippen LogP contribution in [-0.2, 0) is 4.74 Å². The number of carbonyl (C=O) groups excluding carboxylic acids is 1. The van der Waals surface area contributed by atoms with Crippen molar-refractivity contribution in [2.75, 3.05) is 6.54 Å². The van der Waals surface area contributed by atoms with Crippen LogP contribution in [0.5, 0.6) is 0 Å². The van der Waals surface area contributed by atoms with Gasteiger partial charge < -0.3 is 10.1 Å². The van der Waals surface area contributed by atoms with Crippen LogP contribution in [-0.4, -0.2) is 18.7 Å². The first-order chi connectivity index (χ1) is 17.3. The fourth-order valence-electron chi connectivity index (χ4n) is 9.19. The van der Waals surface area contributed by atoms with Gasteiger partial charge in [0.05, 0.1) is 0 Å². The van der Waals surface area contributed by atoms with Crippen LogP contribution in [0.15, 0.2) is 11.6 Å². The first-order valence-electron chi connectivity index (χ1n) is 15.9. The summed E-state index contributed by atoms with van der Waals surface area (Å²) in [6.07, 6.45) is 23.2. The highest BCUT2D eigenvalue weighted by molar-refractivity contribution is 5.67. The predicted molar refractivity (Wildman–Crippen MR) is 151 cm³/mol. The lowest BCUT2D eigenvalue weighted by Gasteiger charge is -2.58. The highest BCUT2D eigenvalue weighted by Crippen LogP contribution is 2.66. The zero-order valence-corrected chi connectivity index (χ0v) is 24.4. The molecule has 3 saturated carbocycles. The molecule has 0 heterocycles. The van der Waals surface area contributed by atoms with Crippen LogP contribution in [0.1, 0.15) is 137 Å². The summed E-state index contributed by atoms with van der Waals surface area (Å²) in [5, 5.41) is 2.99. The summed E-state index contributed by atoms with van der Waals surface area (Å²) in [7, 11) is 0. The summed E-state index contributed by atoms with van der Waals surface area (Å²) in [5.74, 6) is 4.44. The number of nitrogens with one attached hydrogen (secondary N) is 1. The zero-order chi connectivity index (χ0) is 25.8. The van der Waals surface area contributed by atoms with Gasteiger partial charge in [0, 0.05) is 13.0 Å². The molecular formula is C33H57NO2. The van der Waals surface area contributed by atoms with Gasteiger partial charge in [-0.15, -0.1) is 0 Å². The van der Waals surface area contributed by atoms with E-state index >= 15 is 0 Å². The Hall–Kier alpha value is -0.990. The average molecular weight is 500 g/mol. The third kappa shape index (κ3) is 6.01. The molecule has 4 aliphatic rings. The second kappa shape index (κ2) is 12.2. The molecule has 1 N–H and O–H groups in total. The Labute approximate surface area is 223 Å². The quantitative estimate of drug-likeness (QED) is 0.227. The van der Waals surface area contributed by atoms with Crippen molar-refractivity contribution in [3.63, 3.8) is 0 Å². The lowest BCUT2D eigenvalue weighted by molar-refractivity contribution is -0.0519. The number of unbranched alkanes of at least 4 members (excludes halogenated alkanes) is 4. The molecule has 4 rings (SSSR count). The van der Waals surface area contributed by atoms with Crippen molar-refractivity contribution in [3.05, 3.63) is 11.6 Å². The molecule has 206 valence electrons. The van der Waals surface area contributed by atoms with Gasteiger partial charge in [-0.25, -0.2) is 4.79 Å². The van der Waals surface area contributed by atoms with Gasteiger partial charge in [-0.1, -0.05) is 84.8 Å². The second-order valence-corrected chi connectivity index (χ2v) is 14.0. The number of carbonyl (C=O) groups is 1. The van der Waals surface area contributed by atoms with Gasteiger partial charge >= 0.3 is 6.09 Å². The highest BCUT2D eigenvalue weighted by atomic mass is 16.6. The predicted octanol–water partition coefficient (Wildman–Crippen LogP) is 9.46. The van der Waals surface area contributed by atoms with Crippen molar-refractivity contribution < 1.29 is 9.53 Å². The maximum atomic E-state index is 12.4. The molecule has 1 amide bonds. The molecule has 3 heteroatoms. The Balaban J connectivity index is 1.31. The Morgan fingerprint density at radius 3 is 2.64 bits per heavy atom. The van der Waals surface area contributed by atoms with Crippen LogP contribution in [0.2, 0.25) is 0 Å². The minimum atomic E-state index is -0.201. The lowest BCUT2D eigenvalue weighted by atomic mass is 9.47. The summed E-state index contributed by atoms with van der Waals surface area (Å²) in [6, 6.07) is 0. The molecule has 0 aromatic carbocycles. The fraction of sp³-hybridized carbons (Fsp3) is 0.909. The van der Waals surface area contributed by atoms with E-state index in [1.165, 1.54) is 83.5 Å². The molecule has 0 aromatic rings. The number of alkyl carbamates (subject to hydrolysis) is 1. The van der Waals surface area contributed by atoms with Crippen LogP contribution in [0.25, 0.3) is 0 Å². The van der Waals surface area contributed by atoms with E-state index in [1.54, 1.807) is 5.57 Å². The summed E-state index contributed by atoms with van der Waals surface area (Å²) in [5.41, 5.74) is 2.52. The maximum Gasteiger partial charge on any atom is 0.407 e. The number of allylic oxidation sites excluding steroid dienone is 1. The van der Waals surface area contributed by atoms with E-state index in [1.807, 2.05) is 0 Å². The third-order valence-electron chi connectivity index (χ3n) is 11.4. The topological polar surface area (TPSA) is 38.3 Å². The summed E-state index contributed by atoms with van der Waals surface area (Å²) in [6.45, 7) is 12.9. The van der Waals surface area contributed by atoms with Crippen LogP contribution in [0.4, 0.5) is 4.79 Å². The van der Waals surface area contributed by atoms with Gasteiger partial charge in [0.15, 0.2) is 0 Å². The first kappa shape index (κ1) is 28.0. The SMILES string of the molecule is CCCCCCNC(=O)OC1CCC2(C)C(=CCC3C2CCC2(C)C(CCCCC(C)C)CCC32)C1. The maximum absolute atomic E-state index is 12.4. The summed E-state index contributed by atoms with van der Waals surface area (Å²) < 4.78 is 5.90. The van der Waals surface area contributed by atoms with Crippen LogP contribution in [0.3, 0.4) is 0 Å². The average Bonchev–Trinajstić information content (AvgIpc) is 3.18. The van der Waals surface area contributed by atoms with Gasteiger partial charge in [0.2, 0.25) is 0 Å². The van der Waals surface area contributed by atoms with E-state index in [0.29, 0.717) is 10.8 Å². The van der Waals surface area contributed by atoms with Crippen LogP contribution in [0, 0.1) is 40.4 Å². The van der Waals surface area contributed by atoms with Gasteiger partial charge in [0.25, 0.3) is 0 Å². The molecule has 0 saturated heterocycles. The Morgan fingerprint density at radius 2 is 1.86 bits per heavy atom. The van der Waals surface area contributed by atoms with Crippen molar-refractivity contribution in [3.8, 4) is 0 Å². The number of hydrogen-bond acceptors (Lipinski definition) is 2. The normalized spacial score (nSPS) is 37.6. The van der Waals surface area contributed by atoms with E-state index in [0.717, 1.165) is 55.4 Å². The molecule has 3 nitrogen and oxygen atoms in total. The fourth-order valence-corrected chi connectivity index (χ4v) is 9.19. The van der Waals surface area contributed by atoms with Gasteiger partial charge in [-0.3, -0.25) is 0 Å². The van der Waals surface area contributed by atoms with E-state index in [4.69, 9.17) is 4.74 Å². The standard InChI is InChI=1S/C33H57NO2/c1-6-7-8-11-22-34-31(35)36-27-18-20-33(5)26(23-27)14-16-28-29-17-15-25(13-10-9-12-24(2)3)32(29,4)21-19-30(28)33/h14,24-25,27-30H,6-13,15-23H2,1-5H3,(H,34,35). The molecule has 0 radical (unpaired) electrons. The molecule has 4 aliphatic carbocycles. The van der Waals surface area contributed by atoms with Crippen LogP contribution >= 0.6 is 0 Å². The van der Waals surface area contributed by atoms with E-state index in [2.05, 4.69) is 46.0 Å². The Bertz CT molecular complexity index is 759. The van der Waals surface area contributed by atoms with E-state index in [-0.39, 0.29) is 12.2 Å². The zero-order valence-electron chi connectivity index (χ0n) is 24.4. The number of fused-ring (bicyclic) bond motifs is 5. The van der Waals surface area contributed by atoms with Gasteiger partial charge in [-0.2, -0.15) is 0 Å². The molecule has 36 heavy (non-hydrogen) atoms. The van der Waals surface area contributed by atoms with Crippen LogP contribution < -0.4 is 5.32 Å². The minimum Gasteiger partial charge on any atom is -0.446 e. The lowest BCUT2D eigenvalue weighted by Crippen LogP contribution is -2.50. The number of rotatable bonds is 11. The minimum absolute atomic E-state index is 0.0621. The third-order valence-corrected chi connectivity index (χ3v) is 11.4. The van der Waals surface area contributed by atoms with Crippen molar-refractivity contribution in [2.45, 2.75) is 143 Å². The summed E-state index contributed by atoms with van der Waals surface area (Å²) >= 11 is 0. The highest BCUT2D eigenvalue weighted by Gasteiger charge is 2.58. The molecular weight excluding hydrogens is 442 g/mol. The number of hydrogen-bond donors (Lipinski definition) is 1. The monoisotopic (exact) mass is 499 g/mol. The smallest absolute Gasteiger partial charge is 0.407 e. The molecule has 0 spiro atoms. The molecule has 0 aromatic heterocycles. The van der Waals surface area contributed by atoms with Crippen molar-refractivity contribution in [1.82, 2.24) is 5.32 Å². The summed E-state index contributed by atoms with van der Waals surface area (Å²) in [4.78, 5) is 12.4.